The van der Waals surface area contributed by atoms with Crippen molar-refractivity contribution in [3.8, 4) is 0 Å². The molecule has 1 N–H and O–H groups in total. The van der Waals surface area contributed by atoms with E-state index in [2.05, 4.69) is 40.0 Å². The predicted octanol–water partition coefficient (Wildman–Crippen LogP) is 2.13. The van der Waals surface area contributed by atoms with E-state index in [9.17, 15) is 0 Å². The van der Waals surface area contributed by atoms with Crippen molar-refractivity contribution in [2.75, 3.05) is 13.1 Å². The zero-order valence-corrected chi connectivity index (χ0v) is 9.61. The van der Waals surface area contributed by atoms with Crippen molar-refractivity contribution in [2.45, 2.75) is 25.8 Å². The summed E-state index contributed by atoms with van der Waals surface area (Å²) in [5.41, 5.74) is 3.81. The second-order valence-corrected chi connectivity index (χ2v) is 4.47. The van der Waals surface area contributed by atoms with E-state index >= 15 is 0 Å². The molecule has 1 aliphatic heterocycles. The van der Waals surface area contributed by atoms with E-state index in [-0.39, 0.29) is 0 Å². The summed E-state index contributed by atoms with van der Waals surface area (Å²) in [6.45, 7) is 5.39. The van der Waals surface area contributed by atoms with Gasteiger partial charge in [0, 0.05) is 13.1 Å². The third kappa shape index (κ3) is 1.52. The van der Waals surface area contributed by atoms with Gasteiger partial charge in [0.15, 0.2) is 0 Å². The van der Waals surface area contributed by atoms with Crippen LogP contribution in [0.4, 0.5) is 0 Å². The Kier molecular flexibility index (Phi) is 2.40. The van der Waals surface area contributed by atoms with Gasteiger partial charge in [-0.3, -0.25) is 0 Å². The van der Waals surface area contributed by atoms with Gasteiger partial charge in [0.05, 0.1) is 17.4 Å². The van der Waals surface area contributed by atoms with Crippen molar-refractivity contribution < 1.29 is 0 Å². The number of benzene rings is 1. The first-order chi connectivity index (χ1) is 7.88. The molecule has 1 atom stereocenters. The van der Waals surface area contributed by atoms with E-state index < -0.39 is 0 Å². The Morgan fingerprint density at radius 2 is 2.44 bits per heavy atom. The lowest BCUT2D eigenvalue weighted by atomic mass is 9.98. The van der Waals surface area contributed by atoms with Gasteiger partial charge < -0.3 is 9.88 Å². The van der Waals surface area contributed by atoms with Crippen LogP contribution >= 0.6 is 0 Å². The van der Waals surface area contributed by atoms with Crippen LogP contribution in [0.25, 0.3) is 11.0 Å². The molecule has 0 spiro atoms. The lowest BCUT2D eigenvalue weighted by Gasteiger charge is -2.08. The molecule has 1 fully saturated rings. The fraction of sp³-hybridized carbons (Fsp3) is 0.462. The zero-order valence-electron chi connectivity index (χ0n) is 9.61. The first kappa shape index (κ1) is 9.85. The molecule has 0 radical (unpaired) electrons. The number of imidazole rings is 1. The molecule has 1 saturated heterocycles. The number of aromatic nitrogens is 2. The third-order valence-corrected chi connectivity index (χ3v) is 3.52. The maximum absolute atomic E-state index is 4.46. The molecule has 84 valence electrons. The molecular weight excluding hydrogens is 198 g/mol. The normalized spacial score (nSPS) is 20.7. The van der Waals surface area contributed by atoms with E-state index in [1.165, 1.54) is 17.5 Å². The minimum absolute atomic E-state index is 0.677. The van der Waals surface area contributed by atoms with Crippen LogP contribution in [0.3, 0.4) is 0 Å². The first-order valence-corrected chi connectivity index (χ1v) is 6.04. The van der Waals surface area contributed by atoms with E-state index in [4.69, 9.17) is 0 Å². The van der Waals surface area contributed by atoms with E-state index in [0.717, 1.165) is 25.2 Å². The Morgan fingerprint density at radius 3 is 3.19 bits per heavy atom. The monoisotopic (exact) mass is 215 g/mol. The van der Waals surface area contributed by atoms with Gasteiger partial charge in [0.25, 0.3) is 0 Å². The second kappa shape index (κ2) is 3.91. The number of rotatable bonds is 2. The summed E-state index contributed by atoms with van der Waals surface area (Å²) < 4.78 is 2.19. The highest BCUT2D eigenvalue weighted by atomic mass is 15.0. The quantitative estimate of drug-likeness (QED) is 0.831. The average molecular weight is 215 g/mol. The molecule has 1 aromatic heterocycles. The summed E-state index contributed by atoms with van der Waals surface area (Å²) in [7, 11) is 0. The third-order valence-electron chi connectivity index (χ3n) is 3.52. The number of nitrogens with one attached hydrogen (secondary N) is 1. The molecular formula is C13H17N3. The van der Waals surface area contributed by atoms with Crippen molar-refractivity contribution in [1.29, 1.82) is 0 Å². The SMILES string of the molecule is CCn1cnc2cc(C3CCNC3)ccc21. The fourth-order valence-electron chi connectivity index (χ4n) is 2.53. The van der Waals surface area contributed by atoms with E-state index in [1.54, 1.807) is 0 Å². The summed E-state index contributed by atoms with van der Waals surface area (Å²) in [5.74, 6) is 0.677. The molecule has 0 aliphatic carbocycles. The van der Waals surface area contributed by atoms with Crippen LogP contribution in [0, 0.1) is 0 Å². The van der Waals surface area contributed by atoms with Crippen molar-refractivity contribution >= 4 is 11.0 Å². The van der Waals surface area contributed by atoms with Gasteiger partial charge in [-0.2, -0.15) is 0 Å². The minimum atomic E-state index is 0.677. The minimum Gasteiger partial charge on any atom is -0.331 e. The predicted molar refractivity (Wildman–Crippen MR) is 65.6 cm³/mol. The van der Waals surface area contributed by atoms with Gasteiger partial charge in [0.2, 0.25) is 0 Å². The fourth-order valence-corrected chi connectivity index (χ4v) is 2.53. The molecule has 3 rings (SSSR count). The molecule has 2 aromatic rings. The smallest absolute Gasteiger partial charge is 0.0958 e. The van der Waals surface area contributed by atoms with Crippen LogP contribution in [0.2, 0.25) is 0 Å². The van der Waals surface area contributed by atoms with Gasteiger partial charge in [-0.25, -0.2) is 4.98 Å². The van der Waals surface area contributed by atoms with Crippen LogP contribution in [-0.2, 0) is 6.54 Å². The van der Waals surface area contributed by atoms with Crippen LogP contribution in [0.5, 0.6) is 0 Å². The van der Waals surface area contributed by atoms with Gasteiger partial charge in [-0.1, -0.05) is 6.07 Å². The number of nitrogens with zero attached hydrogens (tertiary/aromatic N) is 2. The van der Waals surface area contributed by atoms with Crippen LogP contribution in [0.1, 0.15) is 24.8 Å². The van der Waals surface area contributed by atoms with Crippen LogP contribution in [-0.4, -0.2) is 22.6 Å². The molecule has 0 saturated carbocycles. The van der Waals surface area contributed by atoms with Crippen LogP contribution < -0.4 is 5.32 Å². The highest BCUT2D eigenvalue weighted by Gasteiger charge is 2.17. The van der Waals surface area contributed by atoms with E-state index in [1.807, 2.05) is 6.33 Å². The largest absolute Gasteiger partial charge is 0.331 e. The lowest BCUT2D eigenvalue weighted by Crippen LogP contribution is -2.07. The molecule has 3 heteroatoms. The Morgan fingerprint density at radius 1 is 1.50 bits per heavy atom. The summed E-state index contributed by atoms with van der Waals surface area (Å²) >= 11 is 0. The number of hydrogen-bond acceptors (Lipinski definition) is 2. The summed E-state index contributed by atoms with van der Waals surface area (Å²) in [4.78, 5) is 4.46. The Balaban J connectivity index is 2.02. The van der Waals surface area contributed by atoms with Crippen LogP contribution in [0.15, 0.2) is 24.5 Å². The van der Waals surface area contributed by atoms with Gasteiger partial charge in [-0.15, -0.1) is 0 Å². The maximum atomic E-state index is 4.46. The highest BCUT2D eigenvalue weighted by Crippen LogP contribution is 2.25. The molecule has 2 heterocycles. The Hall–Kier alpha value is -1.35. The number of hydrogen-bond donors (Lipinski definition) is 1. The molecule has 3 nitrogen and oxygen atoms in total. The van der Waals surface area contributed by atoms with Crippen molar-refractivity contribution in [2.24, 2.45) is 0 Å². The van der Waals surface area contributed by atoms with Gasteiger partial charge in [0.1, 0.15) is 0 Å². The van der Waals surface area contributed by atoms with Crippen molar-refractivity contribution in [3.05, 3.63) is 30.1 Å². The Labute approximate surface area is 95.5 Å². The molecule has 16 heavy (non-hydrogen) atoms. The average Bonchev–Trinajstić information content (AvgIpc) is 2.97. The molecule has 1 aliphatic rings. The second-order valence-electron chi connectivity index (χ2n) is 4.47. The summed E-state index contributed by atoms with van der Waals surface area (Å²) in [6.07, 6.45) is 3.18. The van der Waals surface area contributed by atoms with Crippen molar-refractivity contribution in [3.63, 3.8) is 0 Å². The van der Waals surface area contributed by atoms with E-state index in [0.29, 0.717) is 5.92 Å². The first-order valence-electron chi connectivity index (χ1n) is 6.04. The summed E-state index contributed by atoms with van der Waals surface area (Å²) in [5, 5.41) is 3.41. The van der Waals surface area contributed by atoms with Gasteiger partial charge in [-0.05, 0) is 43.5 Å². The zero-order chi connectivity index (χ0) is 11.0. The molecule has 1 aromatic carbocycles. The topological polar surface area (TPSA) is 29.9 Å². The lowest BCUT2D eigenvalue weighted by molar-refractivity contribution is 0.763. The number of aryl methyl sites for hydroxylation is 1. The van der Waals surface area contributed by atoms with Gasteiger partial charge >= 0.3 is 0 Å². The highest BCUT2D eigenvalue weighted by molar-refractivity contribution is 5.76. The molecule has 0 amide bonds. The molecule has 1 unspecified atom stereocenters. The maximum Gasteiger partial charge on any atom is 0.0958 e. The van der Waals surface area contributed by atoms with Crippen molar-refractivity contribution in [1.82, 2.24) is 14.9 Å². The summed E-state index contributed by atoms with van der Waals surface area (Å²) in [6, 6.07) is 6.71. The Bertz CT molecular complexity index is 495. The standard InChI is InChI=1S/C13H17N3/c1-2-16-9-15-12-7-10(3-4-13(12)16)11-5-6-14-8-11/h3-4,7,9,11,14H,2,5-6,8H2,1H3. The molecule has 0 bridgehead atoms. The number of fused-ring (bicyclic) bond motifs is 1.